The Morgan fingerprint density at radius 1 is 1.08 bits per heavy atom. The van der Waals surface area contributed by atoms with Gasteiger partial charge in [-0.2, -0.15) is 0 Å². The van der Waals surface area contributed by atoms with Crippen molar-refractivity contribution in [1.82, 2.24) is 9.97 Å². The Hall–Kier alpha value is -2.77. The van der Waals surface area contributed by atoms with Gasteiger partial charge in [0.2, 0.25) is 11.8 Å². The molecule has 7 heteroatoms. The van der Waals surface area contributed by atoms with Crippen LogP contribution in [0.15, 0.2) is 63.9 Å². The highest BCUT2D eigenvalue weighted by atomic mass is 32.1. The fraction of sp³-hybridized carbons (Fsp3) is 0.0556. The molecular formula is C18H13N3O2S2. The molecule has 0 saturated heterocycles. The Balaban J connectivity index is 1.40. The van der Waals surface area contributed by atoms with Crippen molar-refractivity contribution in [3.05, 3.63) is 65.2 Å². The molecule has 1 N–H and O–H groups in total. The number of thiazole rings is 1. The number of hydrogen-bond donors (Lipinski definition) is 1. The smallest absolute Gasteiger partial charge is 0.232 e. The highest BCUT2D eigenvalue weighted by molar-refractivity contribution is 7.16. The number of thiophene rings is 1. The summed E-state index contributed by atoms with van der Waals surface area (Å²) >= 11 is 3.03. The van der Waals surface area contributed by atoms with Crippen LogP contribution in [0, 0.1) is 0 Å². The molecule has 0 unspecified atom stereocenters. The van der Waals surface area contributed by atoms with Gasteiger partial charge in [-0.15, -0.1) is 22.7 Å². The highest BCUT2D eigenvalue weighted by Crippen LogP contribution is 2.28. The van der Waals surface area contributed by atoms with Gasteiger partial charge in [-0.1, -0.05) is 24.3 Å². The molecule has 0 aliphatic carbocycles. The minimum Gasteiger partial charge on any atom is -0.444 e. The van der Waals surface area contributed by atoms with E-state index in [1.807, 2.05) is 53.2 Å². The summed E-state index contributed by atoms with van der Waals surface area (Å²) < 4.78 is 5.45. The quantitative estimate of drug-likeness (QED) is 0.555. The van der Waals surface area contributed by atoms with Gasteiger partial charge in [-0.05, 0) is 23.6 Å². The zero-order valence-electron chi connectivity index (χ0n) is 13.0. The van der Waals surface area contributed by atoms with Crippen LogP contribution in [0.2, 0.25) is 0 Å². The fourth-order valence-corrected chi connectivity index (χ4v) is 3.79. The molecule has 3 aromatic heterocycles. The van der Waals surface area contributed by atoms with E-state index >= 15 is 0 Å². The normalized spacial score (nSPS) is 10.7. The first-order chi connectivity index (χ1) is 12.3. The lowest BCUT2D eigenvalue weighted by Crippen LogP contribution is -2.14. The maximum absolute atomic E-state index is 12.2. The summed E-state index contributed by atoms with van der Waals surface area (Å²) in [6, 6.07) is 13.6. The van der Waals surface area contributed by atoms with E-state index in [2.05, 4.69) is 15.3 Å². The predicted molar refractivity (Wildman–Crippen MR) is 99.7 cm³/mol. The number of nitrogens with zero attached hydrogens (tertiary/aromatic N) is 2. The van der Waals surface area contributed by atoms with E-state index in [1.165, 1.54) is 17.6 Å². The van der Waals surface area contributed by atoms with E-state index < -0.39 is 0 Å². The van der Waals surface area contributed by atoms with Gasteiger partial charge in [-0.25, -0.2) is 9.97 Å². The van der Waals surface area contributed by atoms with Gasteiger partial charge in [-0.3, -0.25) is 4.79 Å². The molecule has 0 bridgehead atoms. The van der Waals surface area contributed by atoms with E-state index in [-0.39, 0.29) is 12.3 Å². The number of rotatable bonds is 5. The molecule has 0 fully saturated rings. The molecule has 0 saturated carbocycles. The topological polar surface area (TPSA) is 68.0 Å². The first-order valence-corrected chi connectivity index (χ1v) is 9.33. The Kier molecular flexibility index (Phi) is 4.41. The number of anilines is 1. The summed E-state index contributed by atoms with van der Waals surface area (Å²) in [5, 5.41) is 7.33. The van der Waals surface area contributed by atoms with Gasteiger partial charge < -0.3 is 9.73 Å². The Labute approximate surface area is 152 Å². The van der Waals surface area contributed by atoms with E-state index in [0.29, 0.717) is 16.7 Å². The standard InChI is InChI=1S/C18H13N3O2S2/c22-16(21-18-20-14(11-25-18)15-7-4-8-24-15)9-13-10-23-17(19-13)12-5-2-1-3-6-12/h1-8,10-11H,9H2,(H,20,21,22). The van der Waals surface area contributed by atoms with Crippen LogP contribution in [0.4, 0.5) is 5.13 Å². The second-order valence-corrected chi connectivity index (χ2v) is 7.06. The molecule has 1 aromatic carbocycles. The van der Waals surface area contributed by atoms with Crippen molar-refractivity contribution in [1.29, 1.82) is 0 Å². The molecule has 0 aliphatic rings. The molecule has 0 aliphatic heterocycles. The molecular weight excluding hydrogens is 354 g/mol. The molecule has 0 atom stereocenters. The van der Waals surface area contributed by atoms with E-state index in [4.69, 9.17) is 4.42 Å². The molecule has 0 spiro atoms. The third kappa shape index (κ3) is 3.67. The summed E-state index contributed by atoms with van der Waals surface area (Å²) in [4.78, 5) is 22.1. The number of carbonyl (C=O) groups excluding carboxylic acids is 1. The number of nitrogens with one attached hydrogen (secondary N) is 1. The van der Waals surface area contributed by atoms with Crippen molar-refractivity contribution < 1.29 is 9.21 Å². The van der Waals surface area contributed by atoms with Gasteiger partial charge in [0.05, 0.1) is 22.7 Å². The van der Waals surface area contributed by atoms with Gasteiger partial charge in [0, 0.05) is 10.9 Å². The van der Waals surface area contributed by atoms with Crippen molar-refractivity contribution in [2.24, 2.45) is 0 Å². The predicted octanol–water partition coefficient (Wildman–Crippen LogP) is 4.71. The maximum Gasteiger partial charge on any atom is 0.232 e. The van der Waals surface area contributed by atoms with E-state index in [0.717, 1.165) is 16.1 Å². The Morgan fingerprint density at radius 2 is 1.96 bits per heavy atom. The molecule has 5 nitrogen and oxygen atoms in total. The minimum atomic E-state index is -0.167. The monoisotopic (exact) mass is 367 g/mol. The first-order valence-electron chi connectivity index (χ1n) is 7.57. The molecule has 4 rings (SSSR count). The lowest BCUT2D eigenvalue weighted by Gasteiger charge is -1.98. The molecule has 0 radical (unpaired) electrons. The third-order valence-corrected chi connectivity index (χ3v) is 5.09. The van der Waals surface area contributed by atoms with Crippen molar-refractivity contribution in [2.45, 2.75) is 6.42 Å². The summed E-state index contributed by atoms with van der Waals surface area (Å²) in [6.07, 6.45) is 1.66. The van der Waals surface area contributed by atoms with Gasteiger partial charge in [0.1, 0.15) is 6.26 Å². The molecule has 3 heterocycles. The fourth-order valence-electron chi connectivity index (χ4n) is 2.30. The number of carbonyl (C=O) groups is 1. The van der Waals surface area contributed by atoms with Crippen LogP contribution < -0.4 is 5.32 Å². The number of benzene rings is 1. The summed E-state index contributed by atoms with van der Waals surface area (Å²) in [7, 11) is 0. The Bertz CT molecular complexity index is 975. The minimum absolute atomic E-state index is 0.143. The van der Waals surface area contributed by atoms with Crippen LogP contribution >= 0.6 is 22.7 Å². The number of hydrogen-bond acceptors (Lipinski definition) is 6. The lowest BCUT2D eigenvalue weighted by atomic mass is 10.2. The molecule has 4 aromatic rings. The highest BCUT2D eigenvalue weighted by Gasteiger charge is 2.12. The zero-order valence-corrected chi connectivity index (χ0v) is 14.6. The maximum atomic E-state index is 12.2. The average Bonchev–Trinajstić information content (AvgIpc) is 3.37. The largest absolute Gasteiger partial charge is 0.444 e. The number of amides is 1. The van der Waals surface area contributed by atoms with Crippen LogP contribution in [-0.4, -0.2) is 15.9 Å². The third-order valence-electron chi connectivity index (χ3n) is 3.44. The zero-order chi connectivity index (χ0) is 17.1. The SMILES string of the molecule is O=C(Cc1coc(-c2ccccc2)n1)Nc1nc(-c2cccs2)cs1. The second kappa shape index (κ2) is 7.00. The Morgan fingerprint density at radius 3 is 2.76 bits per heavy atom. The van der Waals surface area contributed by atoms with Gasteiger partial charge >= 0.3 is 0 Å². The summed E-state index contributed by atoms with van der Waals surface area (Å²) in [5.41, 5.74) is 2.35. The average molecular weight is 367 g/mol. The molecule has 124 valence electrons. The van der Waals surface area contributed by atoms with Gasteiger partial charge in [0.15, 0.2) is 5.13 Å². The number of oxazole rings is 1. The van der Waals surface area contributed by atoms with E-state index in [1.54, 1.807) is 11.3 Å². The van der Waals surface area contributed by atoms with Gasteiger partial charge in [0.25, 0.3) is 0 Å². The van der Waals surface area contributed by atoms with E-state index in [9.17, 15) is 4.79 Å². The second-order valence-electron chi connectivity index (χ2n) is 5.25. The lowest BCUT2D eigenvalue weighted by molar-refractivity contribution is -0.115. The molecule has 1 amide bonds. The van der Waals surface area contributed by atoms with Crippen molar-refractivity contribution in [2.75, 3.05) is 5.32 Å². The van der Waals surface area contributed by atoms with Crippen molar-refractivity contribution >= 4 is 33.7 Å². The number of aromatic nitrogens is 2. The van der Waals surface area contributed by atoms with Crippen molar-refractivity contribution in [3.63, 3.8) is 0 Å². The van der Waals surface area contributed by atoms with Crippen LogP contribution in [0.25, 0.3) is 22.0 Å². The van der Waals surface area contributed by atoms with Crippen LogP contribution in [0.1, 0.15) is 5.69 Å². The first kappa shape index (κ1) is 15.7. The molecule has 25 heavy (non-hydrogen) atoms. The summed E-state index contributed by atoms with van der Waals surface area (Å²) in [6.45, 7) is 0. The van der Waals surface area contributed by atoms with Crippen LogP contribution in [-0.2, 0) is 11.2 Å². The summed E-state index contributed by atoms with van der Waals surface area (Å²) in [5.74, 6) is 0.345. The van der Waals surface area contributed by atoms with Crippen molar-refractivity contribution in [3.8, 4) is 22.0 Å². The van der Waals surface area contributed by atoms with Crippen LogP contribution in [0.5, 0.6) is 0 Å². The van der Waals surface area contributed by atoms with Crippen LogP contribution in [0.3, 0.4) is 0 Å².